The number of nitrogens with two attached hydrogens (primary N) is 1. The summed E-state index contributed by atoms with van der Waals surface area (Å²) in [5.41, 5.74) is 5.86. The van der Waals surface area contributed by atoms with Gasteiger partial charge in [-0.2, -0.15) is 0 Å². The monoisotopic (exact) mass is 288 g/mol. The molecule has 0 aliphatic carbocycles. The van der Waals surface area contributed by atoms with Gasteiger partial charge in [-0.05, 0) is 25.0 Å². The van der Waals surface area contributed by atoms with Gasteiger partial charge >= 0.3 is 0 Å². The van der Waals surface area contributed by atoms with Crippen molar-refractivity contribution in [1.82, 2.24) is 5.32 Å². The lowest BCUT2D eigenvalue weighted by molar-refractivity contribution is -0.128. The molecule has 1 aliphatic heterocycles. The van der Waals surface area contributed by atoms with Crippen molar-refractivity contribution in [2.45, 2.75) is 25.0 Å². The van der Waals surface area contributed by atoms with E-state index in [-0.39, 0.29) is 17.8 Å². The summed E-state index contributed by atoms with van der Waals surface area (Å²) >= 11 is 0. The Bertz CT molecular complexity index is 646. The third-order valence-corrected chi connectivity index (χ3v) is 3.56. The number of primary amides is 1. The first-order chi connectivity index (χ1) is 10.1. The standard InChI is InChI=1S/C15H16N2O4/c16-14(18)12-6-5-10(20-12)8-17-15(19)13-7-9-3-1-2-4-11(9)21-13/h1-4,7,10,12H,5-6,8H2,(H2,16,18)(H,17,19)/t10-,12+/m1/s1. The third kappa shape index (κ3) is 2.90. The number of furan rings is 1. The molecule has 3 N–H and O–H groups in total. The summed E-state index contributed by atoms with van der Waals surface area (Å²) in [5.74, 6) is -0.487. The molecule has 2 amide bonds. The molecule has 3 rings (SSSR count). The van der Waals surface area contributed by atoms with E-state index in [0.29, 0.717) is 25.0 Å². The Kier molecular flexibility index (Phi) is 3.62. The van der Waals surface area contributed by atoms with Crippen LogP contribution in [0.2, 0.25) is 0 Å². The molecule has 0 radical (unpaired) electrons. The van der Waals surface area contributed by atoms with Gasteiger partial charge in [-0.1, -0.05) is 18.2 Å². The van der Waals surface area contributed by atoms with Crippen molar-refractivity contribution in [3.8, 4) is 0 Å². The maximum atomic E-state index is 12.0. The molecule has 0 unspecified atom stereocenters. The average molecular weight is 288 g/mol. The zero-order chi connectivity index (χ0) is 14.8. The summed E-state index contributed by atoms with van der Waals surface area (Å²) < 4.78 is 10.9. The second kappa shape index (κ2) is 5.57. The first-order valence-corrected chi connectivity index (χ1v) is 6.85. The largest absolute Gasteiger partial charge is 0.451 e. The number of amides is 2. The van der Waals surface area contributed by atoms with Gasteiger partial charge in [0.2, 0.25) is 5.91 Å². The van der Waals surface area contributed by atoms with Crippen LogP contribution >= 0.6 is 0 Å². The fraction of sp³-hybridized carbons (Fsp3) is 0.333. The molecule has 1 aromatic carbocycles. The smallest absolute Gasteiger partial charge is 0.287 e. The van der Waals surface area contributed by atoms with Crippen molar-refractivity contribution in [3.63, 3.8) is 0 Å². The first-order valence-electron chi connectivity index (χ1n) is 6.85. The molecule has 1 fully saturated rings. The highest BCUT2D eigenvalue weighted by atomic mass is 16.5. The molecule has 2 aromatic rings. The average Bonchev–Trinajstić information content (AvgIpc) is 3.11. The van der Waals surface area contributed by atoms with Gasteiger partial charge in [0.05, 0.1) is 6.10 Å². The molecular formula is C15H16N2O4. The van der Waals surface area contributed by atoms with E-state index in [9.17, 15) is 9.59 Å². The van der Waals surface area contributed by atoms with Gasteiger partial charge in [-0.25, -0.2) is 0 Å². The van der Waals surface area contributed by atoms with E-state index in [0.717, 1.165) is 5.39 Å². The van der Waals surface area contributed by atoms with E-state index in [1.807, 2.05) is 24.3 Å². The van der Waals surface area contributed by atoms with Gasteiger partial charge in [0.1, 0.15) is 11.7 Å². The molecule has 6 heteroatoms. The van der Waals surface area contributed by atoms with Crippen molar-refractivity contribution in [2.24, 2.45) is 5.73 Å². The predicted octanol–water partition coefficient (Wildman–Crippen LogP) is 1.20. The molecule has 1 aliphatic rings. The number of rotatable bonds is 4. The second-order valence-corrected chi connectivity index (χ2v) is 5.08. The Hall–Kier alpha value is -2.34. The van der Waals surface area contributed by atoms with Crippen LogP contribution in [0.4, 0.5) is 0 Å². The van der Waals surface area contributed by atoms with Gasteiger partial charge in [0.15, 0.2) is 5.76 Å². The first kappa shape index (κ1) is 13.6. The van der Waals surface area contributed by atoms with E-state index in [2.05, 4.69) is 5.32 Å². The Balaban J connectivity index is 1.58. The number of ether oxygens (including phenoxy) is 1. The number of hydrogen-bond donors (Lipinski definition) is 2. The summed E-state index contributed by atoms with van der Waals surface area (Å²) in [6.45, 7) is 0.333. The lowest BCUT2D eigenvalue weighted by atomic mass is 10.2. The molecule has 2 heterocycles. The van der Waals surface area contributed by atoms with E-state index >= 15 is 0 Å². The van der Waals surface area contributed by atoms with Crippen molar-refractivity contribution in [2.75, 3.05) is 6.54 Å². The predicted molar refractivity (Wildman–Crippen MR) is 75.6 cm³/mol. The molecule has 2 atom stereocenters. The number of benzene rings is 1. The maximum absolute atomic E-state index is 12.0. The second-order valence-electron chi connectivity index (χ2n) is 5.08. The van der Waals surface area contributed by atoms with E-state index in [1.54, 1.807) is 6.07 Å². The summed E-state index contributed by atoms with van der Waals surface area (Å²) in [6.07, 6.45) is 0.572. The number of carbonyl (C=O) groups is 2. The maximum Gasteiger partial charge on any atom is 0.287 e. The fourth-order valence-corrected chi connectivity index (χ4v) is 2.45. The third-order valence-electron chi connectivity index (χ3n) is 3.56. The van der Waals surface area contributed by atoms with Crippen LogP contribution in [0.3, 0.4) is 0 Å². The molecule has 1 aromatic heterocycles. The van der Waals surface area contributed by atoms with Crippen molar-refractivity contribution < 1.29 is 18.7 Å². The molecule has 110 valence electrons. The van der Waals surface area contributed by atoms with Gasteiger partial charge in [0.25, 0.3) is 5.91 Å². The fourth-order valence-electron chi connectivity index (χ4n) is 2.45. The van der Waals surface area contributed by atoms with Crippen LogP contribution in [0.1, 0.15) is 23.4 Å². The highest BCUT2D eigenvalue weighted by Crippen LogP contribution is 2.20. The molecule has 0 bridgehead atoms. The van der Waals surface area contributed by atoms with Crippen LogP contribution in [0.25, 0.3) is 11.0 Å². The van der Waals surface area contributed by atoms with Crippen molar-refractivity contribution in [3.05, 3.63) is 36.1 Å². The van der Waals surface area contributed by atoms with Crippen LogP contribution in [-0.4, -0.2) is 30.6 Å². The van der Waals surface area contributed by atoms with E-state index in [1.165, 1.54) is 0 Å². The van der Waals surface area contributed by atoms with Gasteiger partial charge in [-0.3, -0.25) is 9.59 Å². The van der Waals surface area contributed by atoms with Crippen molar-refractivity contribution >= 4 is 22.8 Å². The van der Waals surface area contributed by atoms with E-state index in [4.69, 9.17) is 14.9 Å². The minimum absolute atomic E-state index is 0.184. The summed E-state index contributed by atoms with van der Waals surface area (Å²) in [6, 6.07) is 9.13. The Morgan fingerprint density at radius 3 is 2.81 bits per heavy atom. The van der Waals surface area contributed by atoms with Crippen LogP contribution in [0.5, 0.6) is 0 Å². The summed E-state index contributed by atoms with van der Waals surface area (Å²) in [4.78, 5) is 23.0. The minimum atomic E-state index is -0.543. The van der Waals surface area contributed by atoms with Gasteiger partial charge in [-0.15, -0.1) is 0 Å². The normalized spacial score (nSPS) is 21.5. The summed E-state index contributed by atoms with van der Waals surface area (Å²) in [5, 5.41) is 3.63. The lowest BCUT2D eigenvalue weighted by Gasteiger charge is -2.11. The molecule has 0 spiro atoms. The number of hydrogen-bond acceptors (Lipinski definition) is 4. The molecular weight excluding hydrogens is 272 g/mol. The van der Waals surface area contributed by atoms with Crippen LogP contribution in [0.15, 0.2) is 34.7 Å². The quantitative estimate of drug-likeness (QED) is 0.883. The molecule has 0 saturated carbocycles. The lowest BCUT2D eigenvalue weighted by Crippen LogP contribution is -2.34. The minimum Gasteiger partial charge on any atom is -0.451 e. The molecule has 1 saturated heterocycles. The number of nitrogens with one attached hydrogen (secondary N) is 1. The number of para-hydroxylation sites is 1. The highest BCUT2D eigenvalue weighted by Gasteiger charge is 2.29. The Morgan fingerprint density at radius 1 is 1.29 bits per heavy atom. The van der Waals surface area contributed by atoms with Crippen LogP contribution in [-0.2, 0) is 9.53 Å². The zero-order valence-corrected chi connectivity index (χ0v) is 11.4. The summed E-state index contributed by atoms with van der Waals surface area (Å²) in [7, 11) is 0. The topological polar surface area (TPSA) is 94.6 Å². The SMILES string of the molecule is NC(=O)[C@@H]1CC[C@H](CNC(=O)c2cc3ccccc3o2)O1. The Labute approximate surface area is 121 Å². The van der Waals surface area contributed by atoms with Crippen LogP contribution < -0.4 is 11.1 Å². The Morgan fingerprint density at radius 2 is 2.10 bits per heavy atom. The highest BCUT2D eigenvalue weighted by molar-refractivity contribution is 5.96. The van der Waals surface area contributed by atoms with E-state index < -0.39 is 12.0 Å². The van der Waals surface area contributed by atoms with Crippen molar-refractivity contribution in [1.29, 1.82) is 0 Å². The van der Waals surface area contributed by atoms with Crippen LogP contribution in [0, 0.1) is 0 Å². The van der Waals surface area contributed by atoms with Gasteiger partial charge < -0.3 is 20.2 Å². The van der Waals surface area contributed by atoms with Gasteiger partial charge in [0, 0.05) is 11.9 Å². The zero-order valence-electron chi connectivity index (χ0n) is 11.4. The number of carbonyl (C=O) groups excluding carboxylic acids is 2. The number of fused-ring (bicyclic) bond motifs is 1. The molecule has 6 nitrogen and oxygen atoms in total. The molecule has 21 heavy (non-hydrogen) atoms.